The average Bonchev–Trinajstić information content (AvgIpc) is 3.19. The molecule has 1 atom stereocenters. The quantitative estimate of drug-likeness (QED) is 0.557. The smallest absolute Gasteiger partial charge is 0.125 e. The van der Waals surface area contributed by atoms with E-state index < -0.39 is 0 Å². The van der Waals surface area contributed by atoms with Crippen molar-refractivity contribution in [2.45, 2.75) is 17.4 Å². The Bertz CT molecular complexity index is 938. The largest absolute Gasteiger partial charge is 0.358 e. The van der Waals surface area contributed by atoms with E-state index in [2.05, 4.69) is 17.1 Å². The Labute approximate surface area is 159 Å². The summed E-state index contributed by atoms with van der Waals surface area (Å²) in [4.78, 5) is 9.31. The van der Waals surface area contributed by atoms with E-state index in [-0.39, 0.29) is 11.9 Å². The van der Waals surface area contributed by atoms with Gasteiger partial charge in [-0.3, -0.25) is 4.99 Å². The summed E-state index contributed by atoms with van der Waals surface area (Å²) in [5.41, 5.74) is 1.96. The lowest BCUT2D eigenvalue weighted by atomic mass is 10.2. The third-order valence-electron chi connectivity index (χ3n) is 4.02. The monoisotopic (exact) mass is 390 g/mol. The van der Waals surface area contributed by atoms with Crippen LogP contribution in [0.4, 0.5) is 4.39 Å². The lowest BCUT2D eigenvalue weighted by Gasteiger charge is -2.03. The number of benzene rings is 2. The number of nitrogens with zero attached hydrogens (tertiary/aromatic N) is 1. The topological polar surface area (TPSA) is 28.1 Å². The van der Waals surface area contributed by atoms with Crippen LogP contribution in [0.1, 0.15) is 5.69 Å². The molecule has 1 N–H and O–H groups in total. The fourth-order valence-corrected chi connectivity index (χ4v) is 5.19. The standard InChI is InChI=1S/C19H16ClFN2S2/c20-13-2-1-3-17(7-13)24-11-19-23-16(10-25-19)9-15-6-12-4-5-14(21)8-18(12)22-15/h1-8,16,22H,9-11H2. The summed E-state index contributed by atoms with van der Waals surface area (Å²) in [7, 11) is 0. The molecule has 0 amide bonds. The van der Waals surface area contributed by atoms with E-state index in [1.165, 1.54) is 11.1 Å². The van der Waals surface area contributed by atoms with Crippen molar-refractivity contribution in [3.05, 3.63) is 65.1 Å². The van der Waals surface area contributed by atoms with Gasteiger partial charge >= 0.3 is 0 Å². The molecule has 25 heavy (non-hydrogen) atoms. The van der Waals surface area contributed by atoms with Crippen LogP contribution in [0, 0.1) is 5.82 Å². The maximum atomic E-state index is 13.3. The lowest BCUT2D eigenvalue weighted by molar-refractivity contribution is 0.629. The zero-order valence-corrected chi connectivity index (χ0v) is 15.7. The Morgan fingerprint density at radius 2 is 2.16 bits per heavy atom. The zero-order chi connectivity index (χ0) is 17.2. The van der Waals surface area contributed by atoms with Crippen LogP contribution < -0.4 is 0 Å². The van der Waals surface area contributed by atoms with Crippen LogP contribution in [0.15, 0.2) is 58.4 Å². The van der Waals surface area contributed by atoms with Gasteiger partial charge in [-0.25, -0.2) is 4.39 Å². The molecule has 2 heterocycles. The van der Waals surface area contributed by atoms with Gasteiger partial charge < -0.3 is 4.98 Å². The van der Waals surface area contributed by atoms with Gasteiger partial charge in [-0.15, -0.1) is 23.5 Å². The molecule has 0 spiro atoms. The van der Waals surface area contributed by atoms with Crippen molar-refractivity contribution < 1.29 is 4.39 Å². The van der Waals surface area contributed by atoms with Crippen LogP contribution >= 0.6 is 35.1 Å². The molecule has 1 aliphatic rings. The first kappa shape index (κ1) is 17.0. The average molecular weight is 391 g/mol. The first-order valence-corrected chi connectivity index (χ1v) is 10.4. The van der Waals surface area contributed by atoms with Crippen molar-refractivity contribution in [2.75, 3.05) is 11.5 Å². The number of H-pyrrole nitrogens is 1. The Balaban J connectivity index is 1.38. The number of halogens is 2. The van der Waals surface area contributed by atoms with Crippen LogP contribution in [0.5, 0.6) is 0 Å². The van der Waals surface area contributed by atoms with Gasteiger partial charge in [-0.2, -0.15) is 0 Å². The third kappa shape index (κ3) is 4.22. The molecule has 4 rings (SSSR count). The van der Waals surface area contributed by atoms with Crippen molar-refractivity contribution >= 4 is 51.1 Å². The molecule has 0 saturated carbocycles. The highest BCUT2D eigenvalue weighted by Gasteiger charge is 2.19. The fraction of sp³-hybridized carbons (Fsp3) is 0.211. The van der Waals surface area contributed by atoms with Crippen molar-refractivity contribution in [3.63, 3.8) is 0 Å². The van der Waals surface area contributed by atoms with E-state index in [4.69, 9.17) is 16.6 Å². The van der Waals surface area contributed by atoms with E-state index >= 15 is 0 Å². The van der Waals surface area contributed by atoms with E-state index in [0.717, 1.165) is 44.4 Å². The minimum atomic E-state index is -0.212. The molecule has 128 valence electrons. The molecule has 1 unspecified atom stereocenters. The molecule has 6 heteroatoms. The van der Waals surface area contributed by atoms with E-state index in [1.54, 1.807) is 17.8 Å². The summed E-state index contributed by atoms with van der Waals surface area (Å²) in [6.07, 6.45) is 0.856. The van der Waals surface area contributed by atoms with Crippen molar-refractivity contribution in [1.29, 1.82) is 0 Å². The van der Waals surface area contributed by atoms with Gasteiger partial charge in [0.2, 0.25) is 0 Å². The van der Waals surface area contributed by atoms with Gasteiger partial charge in [0.1, 0.15) is 5.82 Å². The minimum Gasteiger partial charge on any atom is -0.358 e. The van der Waals surface area contributed by atoms with Crippen molar-refractivity contribution in [2.24, 2.45) is 4.99 Å². The summed E-state index contributed by atoms with van der Waals surface area (Å²) in [5, 5.41) is 2.99. The van der Waals surface area contributed by atoms with Gasteiger partial charge in [-0.05, 0) is 47.9 Å². The number of nitrogens with one attached hydrogen (secondary N) is 1. The van der Waals surface area contributed by atoms with Crippen LogP contribution in [0.2, 0.25) is 5.02 Å². The Kier molecular flexibility index (Phi) is 5.06. The molecule has 0 bridgehead atoms. The van der Waals surface area contributed by atoms with Crippen LogP contribution in [-0.4, -0.2) is 27.6 Å². The predicted molar refractivity (Wildman–Crippen MR) is 108 cm³/mol. The maximum absolute atomic E-state index is 13.3. The molecule has 2 nitrogen and oxygen atoms in total. The first-order valence-electron chi connectivity index (χ1n) is 8.01. The molecule has 0 fully saturated rings. The predicted octanol–water partition coefficient (Wildman–Crippen LogP) is 5.81. The number of thioether (sulfide) groups is 2. The molecule has 0 radical (unpaired) electrons. The first-order chi connectivity index (χ1) is 12.2. The van der Waals surface area contributed by atoms with Crippen molar-refractivity contribution in [1.82, 2.24) is 4.98 Å². The molecule has 0 saturated heterocycles. The molecular weight excluding hydrogens is 375 g/mol. The van der Waals surface area contributed by atoms with Gasteiger partial charge in [0.15, 0.2) is 0 Å². The normalized spacial score (nSPS) is 17.2. The summed E-state index contributed by atoms with van der Waals surface area (Å²) in [5.74, 6) is 1.66. The Morgan fingerprint density at radius 1 is 1.24 bits per heavy atom. The number of rotatable bonds is 5. The molecule has 1 aliphatic heterocycles. The maximum Gasteiger partial charge on any atom is 0.125 e. The summed E-state index contributed by atoms with van der Waals surface area (Å²) in [6, 6.07) is 15.1. The number of fused-ring (bicyclic) bond motifs is 1. The zero-order valence-electron chi connectivity index (χ0n) is 13.3. The van der Waals surface area contributed by atoms with E-state index in [0.29, 0.717) is 0 Å². The molecule has 1 aromatic heterocycles. The van der Waals surface area contributed by atoms with Crippen LogP contribution in [0.25, 0.3) is 10.9 Å². The number of aliphatic imine (C=N–C) groups is 1. The van der Waals surface area contributed by atoms with Crippen molar-refractivity contribution in [3.8, 4) is 0 Å². The highest BCUT2D eigenvalue weighted by Crippen LogP contribution is 2.28. The second-order valence-electron chi connectivity index (χ2n) is 5.96. The number of hydrogen-bond donors (Lipinski definition) is 1. The summed E-state index contributed by atoms with van der Waals surface area (Å²) < 4.78 is 13.3. The van der Waals surface area contributed by atoms with Gasteiger partial charge in [0, 0.05) is 39.1 Å². The molecule has 3 aromatic rings. The third-order valence-corrected chi connectivity index (χ3v) is 6.58. The fourth-order valence-electron chi connectivity index (χ4n) is 2.88. The van der Waals surface area contributed by atoms with E-state index in [1.807, 2.05) is 36.0 Å². The number of aromatic amines is 1. The van der Waals surface area contributed by atoms with Gasteiger partial charge in [0.05, 0.1) is 11.1 Å². The summed E-state index contributed by atoms with van der Waals surface area (Å²) in [6.45, 7) is 0. The Hall–Kier alpha value is -1.43. The highest BCUT2D eigenvalue weighted by atomic mass is 35.5. The number of hydrogen-bond acceptors (Lipinski definition) is 3. The lowest BCUT2D eigenvalue weighted by Crippen LogP contribution is -2.08. The molecule has 0 aliphatic carbocycles. The Morgan fingerprint density at radius 3 is 3.04 bits per heavy atom. The van der Waals surface area contributed by atoms with Gasteiger partial charge in [0.25, 0.3) is 0 Å². The number of aromatic nitrogens is 1. The van der Waals surface area contributed by atoms with E-state index in [9.17, 15) is 4.39 Å². The second-order valence-corrected chi connectivity index (χ2v) is 8.54. The molecule has 2 aromatic carbocycles. The molecular formula is C19H16ClFN2S2. The van der Waals surface area contributed by atoms with Crippen LogP contribution in [0.3, 0.4) is 0 Å². The summed E-state index contributed by atoms with van der Waals surface area (Å²) >= 11 is 9.61. The van der Waals surface area contributed by atoms with Crippen LogP contribution in [-0.2, 0) is 6.42 Å². The highest BCUT2D eigenvalue weighted by molar-refractivity contribution is 8.16. The minimum absolute atomic E-state index is 0.212. The second kappa shape index (κ2) is 7.44. The SMILES string of the molecule is Fc1ccc2cc(CC3CSC(CSc4cccc(Cl)c4)=N3)[nH]c2c1. The van der Waals surface area contributed by atoms with Gasteiger partial charge in [-0.1, -0.05) is 17.7 Å².